The molecule has 1 unspecified atom stereocenters. The zero-order valence-electron chi connectivity index (χ0n) is 15.5. The molecule has 0 bridgehead atoms. The van der Waals surface area contributed by atoms with Gasteiger partial charge in [0.25, 0.3) is 0 Å². The topological polar surface area (TPSA) is 33.0 Å². The minimum atomic E-state index is 0.542. The maximum Gasteiger partial charge on any atom is 0.137 e. The molecule has 0 saturated carbocycles. The summed E-state index contributed by atoms with van der Waals surface area (Å²) in [5.74, 6) is 0.858. The summed E-state index contributed by atoms with van der Waals surface area (Å²) in [5.41, 5.74) is 3.59. The van der Waals surface area contributed by atoms with Gasteiger partial charge >= 0.3 is 0 Å². The molecule has 2 aromatic heterocycles. The summed E-state index contributed by atoms with van der Waals surface area (Å²) in [6.45, 7) is 4.16. The molecule has 0 N–H and O–H groups in total. The number of ether oxygens (including phenoxy) is 1. The van der Waals surface area contributed by atoms with E-state index in [1.807, 2.05) is 24.5 Å². The average Bonchev–Trinajstić information content (AvgIpc) is 3.07. The molecular formula is C21H26N4O. The quantitative estimate of drug-likeness (QED) is 0.708. The Morgan fingerprint density at radius 3 is 2.77 bits per heavy atom. The van der Waals surface area contributed by atoms with Crippen LogP contribution in [0.15, 0.2) is 54.9 Å². The van der Waals surface area contributed by atoms with Crippen molar-refractivity contribution in [1.29, 1.82) is 0 Å². The Morgan fingerprint density at radius 1 is 1.12 bits per heavy atom. The van der Waals surface area contributed by atoms with Gasteiger partial charge in [0.2, 0.25) is 0 Å². The van der Waals surface area contributed by atoms with Crippen LogP contribution >= 0.6 is 0 Å². The van der Waals surface area contributed by atoms with Crippen LogP contribution in [0.3, 0.4) is 0 Å². The normalized spacial score (nSPS) is 19.1. The lowest BCUT2D eigenvalue weighted by Crippen LogP contribution is -2.51. The summed E-state index contributed by atoms with van der Waals surface area (Å²) in [7, 11) is 3.94. The number of methoxy groups -OCH3 is 1. The van der Waals surface area contributed by atoms with Gasteiger partial charge in [-0.25, -0.2) is 4.98 Å². The molecule has 4 rings (SSSR count). The number of pyridine rings is 1. The summed E-state index contributed by atoms with van der Waals surface area (Å²) in [5, 5.41) is 0. The van der Waals surface area contributed by atoms with Gasteiger partial charge in [0, 0.05) is 32.2 Å². The Bertz CT molecular complexity index is 861. The van der Waals surface area contributed by atoms with E-state index < -0.39 is 0 Å². The number of rotatable bonds is 5. The Morgan fingerprint density at radius 2 is 1.96 bits per heavy atom. The maximum absolute atomic E-state index is 5.37. The third-order valence-electron chi connectivity index (χ3n) is 5.35. The lowest BCUT2D eigenvalue weighted by atomic mass is 10.0. The lowest BCUT2D eigenvalue weighted by Gasteiger charge is -2.39. The van der Waals surface area contributed by atoms with E-state index in [0.717, 1.165) is 44.0 Å². The predicted octanol–water partition coefficient (Wildman–Crippen LogP) is 2.70. The first-order valence-corrected chi connectivity index (χ1v) is 9.19. The summed E-state index contributed by atoms with van der Waals surface area (Å²) in [6, 6.07) is 15.3. The van der Waals surface area contributed by atoms with E-state index in [0.29, 0.717) is 6.04 Å². The van der Waals surface area contributed by atoms with E-state index in [1.165, 1.54) is 11.3 Å². The molecule has 3 aromatic rings. The van der Waals surface area contributed by atoms with Crippen LogP contribution in [0.4, 0.5) is 0 Å². The van der Waals surface area contributed by atoms with Crippen LogP contribution in [0.1, 0.15) is 11.3 Å². The van der Waals surface area contributed by atoms with Crippen LogP contribution in [0.2, 0.25) is 0 Å². The number of benzene rings is 1. The monoisotopic (exact) mass is 350 g/mol. The molecule has 3 heterocycles. The first-order chi connectivity index (χ1) is 12.7. The highest BCUT2D eigenvalue weighted by Crippen LogP contribution is 2.18. The molecule has 136 valence electrons. The van der Waals surface area contributed by atoms with Gasteiger partial charge in [-0.05, 0) is 31.2 Å². The summed E-state index contributed by atoms with van der Waals surface area (Å²) >= 11 is 0. The van der Waals surface area contributed by atoms with Crippen LogP contribution in [0.5, 0.6) is 5.75 Å². The molecule has 1 aliphatic heterocycles. The molecule has 0 aliphatic carbocycles. The van der Waals surface area contributed by atoms with Crippen LogP contribution < -0.4 is 4.74 Å². The van der Waals surface area contributed by atoms with Crippen LogP contribution in [0, 0.1) is 0 Å². The van der Waals surface area contributed by atoms with Crippen molar-refractivity contribution in [2.24, 2.45) is 0 Å². The van der Waals surface area contributed by atoms with Crippen molar-refractivity contribution in [3.63, 3.8) is 0 Å². The zero-order chi connectivity index (χ0) is 17.9. The zero-order valence-corrected chi connectivity index (χ0v) is 15.5. The molecule has 0 radical (unpaired) electrons. The number of fused-ring (bicyclic) bond motifs is 1. The molecule has 0 amide bonds. The van der Waals surface area contributed by atoms with Gasteiger partial charge in [-0.2, -0.15) is 0 Å². The van der Waals surface area contributed by atoms with Crippen molar-refractivity contribution in [2.75, 3.05) is 33.8 Å². The second-order valence-electron chi connectivity index (χ2n) is 7.11. The SMILES string of the molecule is COc1ccc2ncc(CN3CCN(C)C(Cc4ccccc4)C3)n2c1. The summed E-state index contributed by atoms with van der Waals surface area (Å²) in [4.78, 5) is 9.56. The number of piperazine rings is 1. The van der Waals surface area contributed by atoms with Gasteiger partial charge in [0.1, 0.15) is 11.4 Å². The Hall–Kier alpha value is -2.37. The molecule has 1 fully saturated rings. The second kappa shape index (κ2) is 7.48. The summed E-state index contributed by atoms with van der Waals surface area (Å²) in [6.07, 6.45) is 5.10. The molecule has 5 nitrogen and oxygen atoms in total. The Labute approximate surface area is 154 Å². The highest BCUT2D eigenvalue weighted by atomic mass is 16.5. The smallest absolute Gasteiger partial charge is 0.137 e. The average molecular weight is 350 g/mol. The van der Waals surface area contributed by atoms with Crippen molar-refractivity contribution in [1.82, 2.24) is 19.2 Å². The van der Waals surface area contributed by atoms with Crippen molar-refractivity contribution in [2.45, 2.75) is 19.0 Å². The van der Waals surface area contributed by atoms with E-state index in [1.54, 1.807) is 7.11 Å². The summed E-state index contributed by atoms with van der Waals surface area (Å²) < 4.78 is 7.51. The third kappa shape index (κ3) is 3.59. The molecule has 0 spiro atoms. The minimum absolute atomic E-state index is 0.542. The Balaban J connectivity index is 1.48. The fourth-order valence-corrected chi connectivity index (χ4v) is 3.74. The van der Waals surface area contributed by atoms with E-state index in [-0.39, 0.29) is 0 Å². The standard InChI is InChI=1S/C21H26N4O/c1-23-10-11-24(14-18(23)12-17-6-4-3-5-7-17)15-19-13-22-21-9-8-20(26-2)16-25(19)21/h3-9,13,16,18H,10-12,14-15H2,1-2H3. The molecule has 1 aliphatic rings. The van der Waals surface area contributed by atoms with Crippen molar-refractivity contribution < 1.29 is 4.74 Å². The second-order valence-corrected chi connectivity index (χ2v) is 7.11. The van der Waals surface area contributed by atoms with E-state index in [4.69, 9.17) is 4.74 Å². The molecule has 1 aromatic carbocycles. The van der Waals surface area contributed by atoms with Gasteiger partial charge in [-0.1, -0.05) is 30.3 Å². The lowest BCUT2D eigenvalue weighted by molar-refractivity contribution is 0.0894. The predicted molar refractivity (Wildman–Crippen MR) is 104 cm³/mol. The Kier molecular flexibility index (Phi) is 4.91. The van der Waals surface area contributed by atoms with Gasteiger partial charge in [-0.3, -0.25) is 9.30 Å². The highest BCUT2D eigenvalue weighted by molar-refractivity contribution is 5.43. The number of imidazole rings is 1. The van der Waals surface area contributed by atoms with Crippen LogP contribution in [-0.4, -0.2) is 59.0 Å². The number of hydrogen-bond donors (Lipinski definition) is 0. The highest BCUT2D eigenvalue weighted by Gasteiger charge is 2.25. The number of likely N-dealkylation sites (N-methyl/N-ethyl adjacent to an activating group) is 1. The fraction of sp³-hybridized carbons (Fsp3) is 0.381. The largest absolute Gasteiger partial charge is 0.495 e. The maximum atomic E-state index is 5.37. The minimum Gasteiger partial charge on any atom is -0.495 e. The molecular weight excluding hydrogens is 324 g/mol. The van der Waals surface area contributed by atoms with Gasteiger partial charge < -0.3 is 9.64 Å². The van der Waals surface area contributed by atoms with E-state index >= 15 is 0 Å². The van der Waals surface area contributed by atoms with E-state index in [9.17, 15) is 0 Å². The number of nitrogens with zero attached hydrogens (tertiary/aromatic N) is 4. The van der Waals surface area contributed by atoms with Gasteiger partial charge in [0.15, 0.2) is 0 Å². The molecule has 26 heavy (non-hydrogen) atoms. The first kappa shape index (κ1) is 17.1. The van der Waals surface area contributed by atoms with Gasteiger partial charge in [0.05, 0.1) is 25.2 Å². The number of hydrogen-bond acceptors (Lipinski definition) is 4. The first-order valence-electron chi connectivity index (χ1n) is 9.19. The molecule has 1 saturated heterocycles. The van der Waals surface area contributed by atoms with Crippen molar-refractivity contribution in [3.8, 4) is 5.75 Å². The third-order valence-corrected chi connectivity index (χ3v) is 5.35. The van der Waals surface area contributed by atoms with Gasteiger partial charge in [-0.15, -0.1) is 0 Å². The molecule has 5 heteroatoms. The van der Waals surface area contributed by atoms with Crippen molar-refractivity contribution >= 4 is 5.65 Å². The fourth-order valence-electron chi connectivity index (χ4n) is 3.74. The van der Waals surface area contributed by atoms with Crippen LogP contribution in [-0.2, 0) is 13.0 Å². The van der Waals surface area contributed by atoms with Crippen LogP contribution in [0.25, 0.3) is 5.65 Å². The number of aromatic nitrogens is 2. The molecule has 1 atom stereocenters. The van der Waals surface area contributed by atoms with E-state index in [2.05, 4.69) is 56.6 Å². The van der Waals surface area contributed by atoms with Crippen molar-refractivity contribution in [3.05, 3.63) is 66.1 Å².